The van der Waals surface area contributed by atoms with Crippen LogP contribution in [0.25, 0.3) is 0 Å². The van der Waals surface area contributed by atoms with Crippen molar-refractivity contribution in [1.29, 1.82) is 0 Å². The number of aliphatic carboxylic acids is 3. The van der Waals surface area contributed by atoms with E-state index in [-0.39, 0.29) is 54.6 Å². The Labute approximate surface area is 140 Å². The van der Waals surface area contributed by atoms with Crippen molar-refractivity contribution in [3.63, 3.8) is 0 Å². The summed E-state index contributed by atoms with van der Waals surface area (Å²) < 4.78 is 0. The Balaban J connectivity index is -0.0000000447. The van der Waals surface area contributed by atoms with Gasteiger partial charge >= 0.3 is 49.0 Å². The summed E-state index contributed by atoms with van der Waals surface area (Å²) in [4.78, 5) is 27.8. The molecule has 0 fully saturated rings. The molecule has 0 radical (unpaired) electrons. The molecule has 0 aliphatic rings. The molecular weight excluding hydrogens is 304 g/mol. The van der Waals surface area contributed by atoms with Crippen LogP contribution in [0, 0.1) is 0 Å². The van der Waals surface area contributed by atoms with E-state index in [2.05, 4.69) is 19.7 Å². The molecule has 0 heterocycles. The fraction of sp³-hybridized carbons (Fsp3) is 0.100. The molecule has 0 saturated heterocycles. The molecule has 0 aliphatic heterocycles. The second-order valence-electron chi connectivity index (χ2n) is 2.11. The van der Waals surface area contributed by atoms with Gasteiger partial charge in [-0.25, -0.2) is 0 Å². The van der Waals surface area contributed by atoms with Crippen LogP contribution in [-0.2, 0) is 33.9 Å². The Morgan fingerprint density at radius 3 is 1.06 bits per heavy atom. The average Bonchev–Trinajstić information content (AvgIpc) is 2.19. The number of carboxylic acid groups (broad SMARTS) is 3. The molecule has 0 rings (SSSR count). The SMILES string of the molecule is C=C(C)C(=O)[O-].C=CC(=O)[O-].C=CC(=O)[O-].[Na+].[Zn+2]. The average molecular weight is 316 g/mol. The van der Waals surface area contributed by atoms with Crippen molar-refractivity contribution < 1.29 is 78.7 Å². The molecule has 0 atom stereocenters. The Morgan fingerprint density at radius 1 is 0.944 bits per heavy atom. The summed E-state index contributed by atoms with van der Waals surface area (Å²) in [6, 6.07) is 0. The molecule has 0 amide bonds. The van der Waals surface area contributed by atoms with Gasteiger partial charge in [-0.1, -0.05) is 19.7 Å². The van der Waals surface area contributed by atoms with Gasteiger partial charge in [-0.15, -0.1) is 0 Å². The van der Waals surface area contributed by atoms with Crippen molar-refractivity contribution in [2.24, 2.45) is 0 Å². The zero-order valence-electron chi connectivity index (χ0n) is 10.4. The van der Waals surface area contributed by atoms with Gasteiger partial charge < -0.3 is 29.7 Å². The molecule has 18 heavy (non-hydrogen) atoms. The first-order valence-electron chi connectivity index (χ1n) is 3.72. The van der Waals surface area contributed by atoms with Gasteiger partial charge in [-0.05, 0) is 24.6 Å². The van der Waals surface area contributed by atoms with E-state index >= 15 is 0 Å². The van der Waals surface area contributed by atoms with Gasteiger partial charge in [0.15, 0.2) is 0 Å². The van der Waals surface area contributed by atoms with Crippen LogP contribution in [0.1, 0.15) is 6.92 Å². The third-order valence-corrected chi connectivity index (χ3v) is 0.682. The van der Waals surface area contributed by atoms with Crippen molar-refractivity contribution in [3.8, 4) is 0 Å². The van der Waals surface area contributed by atoms with E-state index < -0.39 is 17.9 Å². The van der Waals surface area contributed by atoms with E-state index in [1.807, 2.05) is 0 Å². The van der Waals surface area contributed by atoms with Gasteiger partial charge in [0.1, 0.15) is 0 Å². The molecule has 0 unspecified atom stereocenters. The summed E-state index contributed by atoms with van der Waals surface area (Å²) in [5.41, 5.74) is 0.0648. The third-order valence-electron chi connectivity index (χ3n) is 0.682. The monoisotopic (exact) mass is 314 g/mol. The van der Waals surface area contributed by atoms with Crippen molar-refractivity contribution >= 4 is 17.9 Å². The molecule has 0 aromatic rings. The molecule has 0 N–H and O–H groups in total. The minimum absolute atomic E-state index is 0. The van der Waals surface area contributed by atoms with Crippen LogP contribution in [0.4, 0.5) is 0 Å². The Kier molecular flexibility index (Phi) is 36.3. The predicted molar refractivity (Wildman–Crippen MR) is 50.2 cm³/mol. The molecule has 0 aliphatic carbocycles. The number of hydrogen-bond donors (Lipinski definition) is 0. The molecule has 0 aromatic carbocycles. The van der Waals surface area contributed by atoms with Crippen LogP contribution < -0.4 is 44.9 Å². The summed E-state index contributed by atoms with van der Waals surface area (Å²) in [7, 11) is 0. The number of rotatable bonds is 3. The maximum Gasteiger partial charge on any atom is 2.00 e. The molecule has 8 heteroatoms. The normalized spacial score (nSPS) is 6.06. The van der Waals surface area contributed by atoms with Crippen LogP contribution >= 0.6 is 0 Å². The zero-order valence-corrected chi connectivity index (χ0v) is 15.4. The van der Waals surface area contributed by atoms with E-state index in [9.17, 15) is 9.90 Å². The third kappa shape index (κ3) is 58.9. The first-order chi connectivity index (χ1) is 7.18. The summed E-state index contributed by atoms with van der Waals surface area (Å²) in [5.74, 6) is -3.65. The van der Waals surface area contributed by atoms with Crippen molar-refractivity contribution in [2.45, 2.75) is 6.92 Å². The van der Waals surface area contributed by atoms with Crippen LogP contribution in [0.2, 0.25) is 0 Å². The van der Waals surface area contributed by atoms with Gasteiger partial charge in [0.05, 0.1) is 17.9 Å². The minimum atomic E-state index is -1.23. The second kappa shape index (κ2) is 21.5. The summed E-state index contributed by atoms with van der Waals surface area (Å²) in [6.07, 6.45) is 1.44. The Hall–Kier alpha value is -0.747. The number of carboxylic acids is 3. The van der Waals surface area contributed by atoms with Gasteiger partial charge in [0.25, 0.3) is 0 Å². The van der Waals surface area contributed by atoms with Crippen LogP contribution in [0.3, 0.4) is 0 Å². The van der Waals surface area contributed by atoms with E-state index in [1.165, 1.54) is 6.92 Å². The molecule has 90 valence electrons. The summed E-state index contributed by atoms with van der Waals surface area (Å²) >= 11 is 0. The first-order valence-corrected chi connectivity index (χ1v) is 3.72. The van der Waals surface area contributed by atoms with Crippen molar-refractivity contribution in [1.82, 2.24) is 0 Å². The predicted octanol–water partition coefficient (Wildman–Crippen LogP) is -5.84. The maximum absolute atomic E-state index is 9.49. The van der Waals surface area contributed by atoms with Crippen LogP contribution in [-0.4, -0.2) is 17.9 Å². The van der Waals surface area contributed by atoms with E-state index in [0.717, 1.165) is 12.2 Å². The zero-order chi connectivity index (χ0) is 13.7. The quantitative estimate of drug-likeness (QED) is 0.378. The molecule has 0 bridgehead atoms. The maximum atomic E-state index is 9.49. The fourth-order valence-corrected chi connectivity index (χ4v) is 0. The number of hydrogen-bond acceptors (Lipinski definition) is 6. The number of carbonyl (C=O) groups is 3. The van der Waals surface area contributed by atoms with Crippen molar-refractivity contribution in [3.05, 3.63) is 37.5 Å². The van der Waals surface area contributed by atoms with Crippen molar-refractivity contribution in [2.75, 3.05) is 0 Å². The van der Waals surface area contributed by atoms with Gasteiger partial charge in [0, 0.05) is 0 Å². The molecule has 0 saturated carbocycles. The fourth-order valence-electron chi connectivity index (χ4n) is 0. The topological polar surface area (TPSA) is 120 Å². The summed E-state index contributed by atoms with van der Waals surface area (Å²) in [6.45, 7) is 10.3. The largest absolute Gasteiger partial charge is 2.00 e. The smallest absolute Gasteiger partial charge is 0.545 e. The molecule has 0 spiro atoms. The minimum Gasteiger partial charge on any atom is -0.545 e. The number of carbonyl (C=O) groups excluding carboxylic acids is 3. The van der Waals surface area contributed by atoms with E-state index in [4.69, 9.17) is 19.8 Å². The summed E-state index contributed by atoms with van der Waals surface area (Å²) in [5, 5.41) is 27.8. The van der Waals surface area contributed by atoms with Crippen LogP contribution in [0.15, 0.2) is 37.5 Å². The van der Waals surface area contributed by atoms with E-state index in [0.29, 0.717) is 0 Å². The van der Waals surface area contributed by atoms with Gasteiger partial charge in [0.2, 0.25) is 0 Å². The Bertz CT molecular complexity index is 271. The van der Waals surface area contributed by atoms with E-state index in [1.54, 1.807) is 0 Å². The van der Waals surface area contributed by atoms with Crippen LogP contribution in [0.5, 0.6) is 0 Å². The standard InChI is InChI=1S/C4H6O2.2C3H4O2.Na.Zn/c1-3(2)4(5)6;2*1-2-3(4)5;;/h1H2,2H3,(H,5,6);2*2H,1H2,(H,4,5);;/q;;;+1;+2/p-3. The molecule has 6 nitrogen and oxygen atoms in total. The van der Waals surface area contributed by atoms with Gasteiger partial charge in [-0.3, -0.25) is 0 Å². The van der Waals surface area contributed by atoms with Gasteiger partial charge in [-0.2, -0.15) is 0 Å². The first kappa shape index (κ1) is 30.4. The molecule has 0 aromatic heterocycles. The second-order valence-corrected chi connectivity index (χ2v) is 2.11. The molecular formula is C10H11NaO6Zn. The Morgan fingerprint density at radius 2 is 1.06 bits per heavy atom.